The van der Waals surface area contributed by atoms with E-state index in [0.29, 0.717) is 0 Å². The van der Waals surface area contributed by atoms with Crippen LogP contribution in [0.3, 0.4) is 0 Å². The summed E-state index contributed by atoms with van der Waals surface area (Å²) in [5, 5.41) is 15.0. The highest BCUT2D eigenvalue weighted by molar-refractivity contribution is 6.30. The molecule has 3 nitrogen and oxygen atoms in total. The maximum Gasteiger partial charge on any atom is 0.161 e. The van der Waals surface area contributed by atoms with E-state index in [4.69, 9.17) is 16.4 Å². The average molecular weight is 266 g/mol. The van der Waals surface area contributed by atoms with Crippen molar-refractivity contribution >= 4 is 17.3 Å². The lowest BCUT2D eigenvalue weighted by atomic mass is 9.88. The summed E-state index contributed by atoms with van der Waals surface area (Å²) in [6.45, 7) is 0. The molecule has 1 aliphatic heterocycles. The molecule has 0 amide bonds. The molecule has 1 N–H and O–H groups in total. The van der Waals surface area contributed by atoms with Crippen LogP contribution in [0.5, 0.6) is 0 Å². The van der Waals surface area contributed by atoms with Gasteiger partial charge in [0.25, 0.3) is 0 Å². The first-order valence-electron chi connectivity index (χ1n) is 6.43. The van der Waals surface area contributed by atoms with Crippen molar-refractivity contribution < 1.29 is 9.94 Å². The fourth-order valence-electron chi connectivity index (χ4n) is 2.82. The molecule has 96 valence electrons. The summed E-state index contributed by atoms with van der Waals surface area (Å²) in [5.41, 5.74) is 2.00. The minimum absolute atomic E-state index is 0.168. The molecule has 1 aromatic rings. The molecule has 0 spiro atoms. The number of rotatable bonds is 1. The molecule has 1 saturated carbocycles. The lowest BCUT2D eigenvalue weighted by Gasteiger charge is -2.19. The van der Waals surface area contributed by atoms with Crippen molar-refractivity contribution in [2.24, 2.45) is 11.1 Å². The van der Waals surface area contributed by atoms with E-state index >= 15 is 0 Å². The molecular formula is C14H16ClNO2. The monoisotopic (exact) mass is 265 g/mol. The quantitative estimate of drug-likeness (QED) is 0.848. The fourth-order valence-corrected chi connectivity index (χ4v) is 2.95. The van der Waals surface area contributed by atoms with Crippen molar-refractivity contribution in [3.8, 4) is 0 Å². The Bertz CT molecular complexity index is 457. The number of hydrogen-bond acceptors (Lipinski definition) is 3. The van der Waals surface area contributed by atoms with Gasteiger partial charge in [-0.3, -0.25) is 0 Å². The average Bonchev–Trinajstić information content (AvgIpc) is 2.71. The Kier molecular flexibility index (Phi) is 3.27. The van der Waals surface area contributed by atoms with Gasteiger partial charge in [-0.15, -0.1) is 0 Å². The number of benzene rings is 1. The minimum atomic E-state index is -0.397. The lowest BCUT2D eigenvalue weighted by molar-refractivity contribution is -0.0342. The SMILES string of the molecule is OC1CCCCC2C(c3ccc(Cl)cc3)=NOC12. The zero-order chi connectivity index (χ0) is 12.5. The molecule has 18 heavy (non-hydrogen) atoms. The van der Waals surface area contributed by atoms with E-state index in [-0.39, 0.29) is 12.0 Å². The maximum absolute atomic E-state index is 10.0. The summed E-state index contributed by atoms with van der Waals surface area (Å²) in [5.74, 6) is 0.212. The van der Waals surface area contributed by atoms with Crippen molar-refractivity contribution in [3.05, 3.63) is 34.9 Å². The topological polar surface area (TPSA) is 41.8 Å². The molecule has 3 rings (SSSR count). The summed E-state index contributed by atoms with van der Waals surface area (Å²) >= 11 is 5.89. The van der Waals surface area contributed by atoms with Gasteiger partial charge in [-0.2, -0.15) is 0 Å². The largest absolute Gasteiger partial charge is 0.389 e. The highest BCUT2D eigenvalue weighted by Crippen LogP contribution is 2.34. The van der Waals surface area contributed by atoms with E-state index in [1.54, 1.807) is 0 Å². The van der Waals surface area contributed by atoms with Gasteiger partial charge in [0.15, 0.2) is 6.10 Å². The molecule has 1 fully saturated rings. The predicted octanol–water partition coefficient (Wildman–Crippen LogP) is 2.99. The third-order valence-corrected chi connectivity index (χ3v) is 4.06. The molecule has 1 aliphatic carbocycles. The highest BCUT2D eigenvalue weighted by atomic mass is 35.5. The van der Waals surface area contributed by atoms with Gasteiger partial charge >= 0.3 is 0 Å². The number of hydrogen-bond donors (Lipinski definition) is 1. The van der Waals surface area contributed by atoms with Crippen LogP contribution < -0.4 is 0 Å². The molecule has 1 heterocycles. The molecule has 4 heteroatoms. The standard InChI is InChI=1S/C14H16ClNO2/c15-10-7-5-9(6-8-10)13-11-3-1-2-4-12(17)14(11)18-16-13/h5-8,11-12,14,17H,1-4H2. The van der Waals surface area contributed by atoms with E-state index in [1.807, 2.05) is 24.3 Å². The number of nitrogens with zero attached hydrogens (tertiary/aromatic N) is 1. The van der Waals surface area contributed by atoms with Gasteiger partial charge in [0.2, 0.25) is 0 Å². The number of halogens is 1. The van der Waals surface area contributed by atoms with Crippen LogP contribution in [0.4, 0.5) is 0 Å². The molecule has 0 radical (unpaired) electrons. The van der Waals surface area contributed by atoms with Crippen LogP contribution in [-0.4, -0.2) is 23.0 Å². The Balaban J connectivity index is 1.87. The fraction of sp³-hybridized carbons (Fsp3) is 0.500. The molecular weight excluding hydrogens is 250 g/mol. The van der Waals surface area contributed by atoms with E-state index in [9.17, 15) is 5.11 Å². The van der Waals surface area contributed by atoms with Crippen LogP contribution in [0.1, 0.15) is 31.2 Å². The summed E-state index contributed by atoms with van der Waals surface area (Å²) < 4.78 is 0. The van der Waals surface area contributed by atoms with Crippen molar-refractivity contribution in [3.63, 3.8) is 0 Å². The Hall–Kier alpha value is -1.06. The summed E-state index contributed by atoms with van der Waals surface area (Å²) in [4.78, 5) is 5.45. The predicted molar refractivity (Wildman–Crippen MR) is 70.8 cm³/mol. The van der Waals surface area contributed by atoms with Crippen LogP contribution in [-0.2, 0) is 4.84 Å². The van der Waals surface area contributed by atoms with Gasteiger partial charge in [0, 0.05) is 10.9 Å². The lowest BCUT2D eigenvalue weighted by Crippen LogP contribution is -2.33. The molecule has 3 atom stereocenters. The Morgan fingerprint density at radius 2 is 1.89 bits per heavy atom. The van der Waals surface area contributed by atoms with Crippen molar-refractivity contribution in [1.82, 2.24) is 0 Å². The van der Waals surface area contributed by atoms with Crippen molar-refractivity contribution in [1.29, 1.82) is 0 Å². The van der Waals surface area contributed by atoms with Gasteiger partial charge in [0.1, 0.15) is 0 Å². The molecule has 1 aromatic carbocycles. The number of fused-ring (bicyclic) bond motifs is 1. The third-order valence-electron chi connectivity index (χ3n) is 3.80. The maximum atomic E-state index is 10.0. The third kappa shape index (κ3) is 2.13. The summed E-state index contributed by atoms with van der Waals surface area (Å²) in [7, 11) is 0. The van der Waals surface area contributed by atoms with Gasteiger partial charge < -0.3 is 9.94 Å². The summed E-state index contributed by atoms with van der Waals surface area (Å²) in [6.07, 6.45) is 3.46. The van der Waals surface area contributed by atoms with Gasteiger partial charge in [-0.05, 0) is 30.5 Å². The van der Waals surface area contributed by atoms with E-state index < -0.39 is 6.10 Å². The smallest absolute Gasteiger partial charge is 0.161 e. The Morgan fingerprint density at radius 3 is 2.67 bits per heavy atom. The zero-order valence-electron chi connectivity index (χ0n) is 10.1. The van der Waals surface area contributed by atoms with Crippen molar-refractivity contribution in [2.75, 3.05) is 0 Å². The van der Waals surface area contributed by atoms with Crippen LogP contribution in [0.25, 0.3) is 0 Å². The molecule has 0 aromatic heterocycles. The summed E-state index contributed by atoms with van der Waals surface area (Å²) in [6, 6.07) is 7.65. The normalized spacial score (nSPS) is 31.2. The minimum Gasteiger partial charge on any atom is -0.389 e. The first kappa shape index (κ1) is 12.0. The molecule has 3 unspecified atom stereocenters. The zero-order valence-corrected chi connectivity index (χ0v) is 10.8. The second-order valence-corrected chi connectivity index (χ2v) is 5.45. The van der Waals surface area contributed by atoms with Gasteiger partial charge in [-0.25, -0.2) is 0 Å². The molecule has 0 bridgehead atoms. The number of aliphatic hydroxyl groups excluding tert-OH is 1. The van der Waals surface area contributed by atoms with Crippen LogP contribution in [0.15, 0.2) is 29.4 Å². The van der Waals surface area contributed by atoms with Crippen LogP contribution >= 0.6 is 11.6 Å². The first-order valence-corrected chi connectivity index (χ1v) is 6.81. The highest BCUT2D eigenvalue weighted by Gasteiger charge is 2.40. The number of aliphatic hydroxyl groups is 1. The van der Waals surface area contributed by atoms with E-state index in [0.717, 1.165) is 42.0 Å². The van der Waals surface area contributed by atoms with E-state index in [2.05, 4.69) is 5.16 Å². The van der Waals surface area contributed by atoms with Crippen LogP contribution in [0.2, 0.25) is 5.02 Å². The molecule has 2 aliphatic rings. The Labute approximate surface area is 111 Å². The second kappa shape index (κ2) is 4.90. The van der Waals surface area contributed by atoms with Gasteiger partial charge in [0.05, 0.1) is 11.8 Å². The van der Waals surface area contributed by atoms with Crippen molar-refractivity contribution in [2.45, 2.75) is 37.9 Å². The number of oxime groups is 1. The van der Waals surface area contributed by atoms with E-state index in [1.165, 1.54) is 0 Å². The molecule has 0 saturated heterocycles. The second-order valence-electron chi connectivity index (χ2n) is 5.01. The Morgan fingerprint density at radius 1 is 1.17 bits per heavy atom. The van der Waals surface area contributed by atoms with Gasteiger partial charge in [-0.1, -0.05) is 41.7 Å². The first-order chi connectivity index (χ1) is 8.75. The van der Waals surface area contributed by atoms with Crippen LogP contribution in [0, 0.1) is 5.92 Å².